The third kappa shape index (κ3) is 5.57. The van der Waals surface area contributed by atoms with Gasteiger partial charge in [0, 0.05) is 32.1 Å². The maximum atomic E-state index is 11.8. The number of nitrogens with one attached hydrogen (secondary N) is 2. The second-order valence-corrected chi connectivity index (χ2v) is 5.34. The maximum Gasteiger partial charge on any atom is 0.241 e. The third-order valence-electron chi connectivity index (χ3n) is 3.14. The van der Waals surface area contributed by atoms with E-state index in [4.69, 9.17) is 0 Å². The molecular weight excluding hydrogens is 266 g/mol. The van der Waals surface area contributed by atoms with E-state index in [0.717, 1.165) is 24.6 Å². The fourth-order valence-electron chi connectivity index (χ4n) is 1.64. The molecule has 1 rings (SSSR count). The largest absolute Gasteiger partial charge is 0.370 e. The molecule has 118 valence electrons. The summed E-state index contributed by atoms with van der Waals surface area (Å²) in [6, 6.07) is 1.85. The highest BCUT2D eigenvalue weighted by atomic mass is 16.2. The Hall–Kier alpha value is -1.85. The van der Waals surface area contributed by atoms with Crippen molar-refractivity contribution in [1.82, 2.24) is 14.9 Å². The van der Waals surface area contributed by atoms with Crippen molar-refractivity contribution < 1.29 is 4.79 Å². The Labute approximate surface area is 127 Å². The predicted molar refractivity (Wildman–Crippen MR) is 86.7 cm³/mol. The Kier molecular flexibility index (Phi) is 6.91. The van der Waals surface area contributed by atoms with E-state index in [1.54, 1.807) is 11.9 Å². The van der Waals surface area contributed by atoms with Gasteiger partial charge in [-0.15, -0.1) is 0 Å². The van der Waals surface area contributed by atoms with Crippen molar-refractivity contribution >= 4 is 17.5 Å². The van der Waals surface area contributed by atoms with Crippen molar-refractivity contribution in [2.75, 3.05) is 37.3 Å². The normalized spacial score (nSPS) is 10.6. The molecule has 6 nitrogen and oxygen atoms in total. The van der Waals surface area contributed by atoms with Crippen molar-refractivity contribution in [3.63, 3.8) is 0 Å². The van der Waals surface area contributed by atoms with Gasteiger partial charge in [-0.1, -0.05) is 20.8 Å². The summed E-state index contributed by atoms with van der Waals surface area (Å²) in [5.41, 5.74) is 0. The quantitative estimate of drug-likeness (QED) is 0.769. The molecule has 0 aliphatic carbocycles. The summed E-state index contributed by atoms with van der Waals surface area (Å²) in [6.07, 6.45) is 1.03. The molecule has 0 aliphatic heterocycles. The van der Waals surface area contributed by atoms with E-state index in [-0.39, 0.29) is 18.4 Å². The van der Waals surface area contributed by atoms with Crippen LogP contribution in [-0.4, -0.2) is 47.5 Å². The first-order valence-corrected chi connectivity index (χ1v) is 7.58. The van der Waals surface area contributed by atoms with Gasteiger partial charge >= 0.3 is 0 Å². The number of rotatable bonds is 8. The highest BCUT2D eigenvalue weighted by Gasteiger charge is 2.10. The summed E-state index contributed by atoms with van der Waals surface area (Å²) in [7, 11) is 1.79. The fraction of sp³-hybridized carbons (Fsp3) is 0.667. The van der Waals surface area contributed by atoms with Crippen LogP contribution in [0.4, 0.5) is 11.6 Å². The molecule has 0 bridgehead atoms. The molecule has 0 atom stereocenters. The summed E-state index contributed by atoms with van der Waals surface area (Å²) in [4.78, 5) is 22.5. The smallest absolute Gasteiger partial charge is 0.241 e. The van der Waals surface area contributed by atoms with Crippen molar-refractivity contribution in [1.29, 1.82) is 0 Å². The van der Waals surface area contributed by atoms with Crippen molar-refractivity contribution in [3.8, 4) is 0 Å². The highest BCUT2D eigenvalue weighted by Crippen LogP contribution is 2.17. The molecule has 0 saturated carbocycles. The zero-order chi connectivity index (χ0) is 15.8. The third-order valence-corrected chi connectivity index (χ3v) is 3.14. The van der Waals surface area contributed by atoms with Crippen LogP contribution in [0.15, 0.2) is 6.07 Å². The summed E-state index contributed by atoms with van der Waals surface area (Å²) >= 11 is 0. The number of hydrogen-bond acceptors (Lipinski definition) is 5. The van der Waals surface area contributed by atoms with Gasteiger partial charge in [0.15, 0.2) is 0 Å². The zero-order valence-electron chi connectivity index (χ0n) is 13.7. The van der Waals surface area contributed by atoms with Crippen LogP contribution in [-0.2, 0) is 4.79 Å². The SMILES string of the molecule is CCCNc1cc(NCC(=O)N(C)CC)nc(C(C)C)n1. The Morgan fingerprint density at radius 2 is 1.86 bits per heavy atom. The maximum absolute atomic E-state index is 11.8. The van der Waals surface area contributed by atoms with Crippen molar-refractivity contribution in [2.24, 2.45) is 0 Å². The number of nitrogens with zero attached hydrogens (tertiary/aromatic N) is 3. The molecular formula is C15H27N5O. The molecule has 1 aromatic heterocycles. The molecule has 0 spiro atoms. The first-order valence-electron chi connectivity index (χ1n) is 7.58. The van der Waals surface area contributed by atoms with E-state index in [2.05, 4.69) is 41.4 Å². The van der Waals surface area contributed by atoms with Gasteiger partial charge in [0.1, 0.15) is 17.5 Å². The molecule has 6 heteroatoms. The van der Waals surface area contributed by atoms with Gasteiger partial charge in [0.2, 0.25) is 5.91 Å². The van der Waals surface area contributed by atoms with Gasteiger partial charge in [-0.25, -0.2) is 9.97 Å². The molecule has 0 radical (unpaired) electrons. The topological polar surface area (TPSA) is 70.2 Å². The van der Waals surface area contributed by atoms with E-state index >= 15 is 0 Å². The molecule has 1 heterocycles. The molecule has 0 fully saturated rings. The number of likely N-dealkylation sites (N-methyl/N-ethyl adjacent to an activating group) is 1. The van der Waals surface area contributed by atoms with Crippen LogP contribution in [0.5, 0.6) is 0 Å². The van der Waals surface area contributed by atoms with Gasteiger partial charge < -0.3 is 15.5 Å². The van der Waals surface area contributed by atoms with Crippen LogP contribution in [0.3, 0.4) is 0 Å². The van der Waals surface area contributed by atoms with E-state index < -0.39 is 0 Å². The molecule has 0 saturated heterocycles. The summed E-state index contributed by atoms with van der Waals surface area (Å²) < 4.78 is 0. The molecule has 2 N–H and O–H groups in total. The Balaban J connectivity index is 2.80. The fourth-order valence-corrected chi connectivity index (χ4v) is 1.64. The molecule has 21 heavy (non-hydrogen) atoms. The lowest BCUT2D eigenvalue weighted by Crippen LogP contribution is -2.32. The standard InChI is InChI=1S/C15H27N5O/c1-6-8-16-12-9-13(19-15(18-12)11(3)4)17-10-14(21)20(5)7-2/h9,11H,6-8,10H2,1-5H3,(H2,16,17,18,19). The van der Waals surface area contributed by atoms with Crippen molar-refractivity contribution in [2.45, 2.75) is 40.0 Å². The van der Waals surface area contributed by atoms with Crippen LogP contribution in [0.2, 0.25) is 0 Å². The van der Waals surface area contributed by atoms with Crippen LogP contribution in [0.25, 0.3) is 0 Å². The van der Waals surface area contributed by atoms with Gasteiger partial charge in [-0.05, 0) is 13.3 Å². The first kappa shape index (κ1) is 17.2. The summed E-state index contributed by atoms with van der Waals surface area (Å²) in [6.45, 7) is 9.97. The Morgan fingerprint density at radius 3 is 2.38 bits per heavy atom. The average Bonchev–Trinajstić information content (AvgIpc) is 2.49. The predicted octanol–water partition coefficient (Wildman–Crippen LogP) is 2.31. The summed E-state index contributed by atoms with van der Waals surface area (Å²) in [5.74, 6) is 2.54. The average molecular weight is 293 g/mol. The van der Waals surface area contributed by atoms with Gasteiger partial charge in [0.05, 0.1) is 6.54 Å². The minimum absolute atomic E-state index is 0.0466. The van der Waals surface area contributed by atoms with Crippen LogP contribution >= 0.6 is 0 Å². The van der Waals surface area contributed by atoms with E-state index in [0.29, 0.717) is 12.4 Å². The molecule has 1 aromatic rings. The lowest BCUT2D eigenvalue weighted by atomic mass is 10.2. The van der Waals surface area contributed by atoms with Crippen LogP contribution in [0.1, 0.15) is 45.9 Å². The number of carbonyl (C=O) groups excluding carboxylic acids is 1. The lowest BCUT2D eigenvalue weighted by Gasteiger charge is -2.16. The van der Waals surface area contributed by atoms with E-state index in [1.807, 2.05) is 13.0 Å². The van der Waals surface area contributed by atoms with E-state index in [1.165, 1.54) is 0 Å². The van der Waals surface area contributed by atoms with Gasteiger partial charge in [0.25, 0.3) is 0 Å². The number of amides is 1. The highest BCUT2D eigenvalue weighted by molar-refractivity contribution is 5.80. The summed E-state index contributed by atoms with van der Waals surface area (Å²) in [5, 5.41) is 6.35. The number of hydrogen-bond donors (Lipinski definition) is 2. The van der Waals surface area contributed by atoms with Crippen LogP contribution < -0.4 is 10.6 Å². The first-order chi connectivity index (χ1) is 9.97. The van der Waals surface area contributed by atoms with Gasteiger partial charge in [-0.2, -0.15) is 0 Å². The number of aromatic nitrogens is 2. The Morgan fingerprint density at radius 1 is 1.24 bits per heavy atom. The van der Waals surface area contributed by atoms with Crippen LogP contribution in [0, 0.1) is 0 Å². The zero-order valence-corrected chi connectivity index (χ0v) is 13.7. The Bertz CT molecular complexity index is 461. The number of carbonyl (C=O) groups is 1. The van der Waals surface area contributed by atoms with Crippen molar-refractivity contribution in [3.05, 3.63) is 11.9 Å². The monoisotopic (exact) mass is 293 g/mol. The van der Waals surface area contributed by atoms with Gasteiger partial charge in [-0.3, -0.25) is 4.79 Å². The molecule has 0 aliphatic rings. The molecule has 0 unspecified atom stereocenters. The minimum atomic E-state index is 0.0466. The number of anilines is 2. The molecule has 1 amide bonds. The van der Waals surface area contributed by atoms with E-state index in [9.17, 15) is 4.79 Å². The second kappa shape index (κ2) is 8.44. The molecule has 0 aromatic carbocycles. The lowest BCUT2D eigenvalue weighted by molar-refractivity contribution is -0.127. The minimum Gasteiger partial charge on any atom is -0.370 e. The second-order valence-electron chi connectivity index (χ2n) is 5.34.